The van der Waals surface area contributed by atoms with Crippen LogP contribution in [0.4, 0.5) is 0 Å². The molecule has 2 atom stereocenters. The van der Waals surface area contributed by atoms with Crippen LogP contribution in [-0.2, 0) is 4.79 Å². The SMILES string of the molecule is CCCN(CCC)CCNC(=O)[C@H]1c2cc(OC)c(OC)cc2C(=O)N(C)[C@H]1c1ccc(OC)c(OC)c1. The van der Waals surface area contributed by atoms with Crippen molar-refractivity contribution in [2.75, 3.05) is 61.7 Å². The molecular formula is C29H41N3O6. The first-order valence-electron chi connectivity index (χ1n) is 13.1. The first kappa shape index (κ1) is 29.1. The molecule has 208 valence electrons. The van der Waals surface area contributed by atoms with Gasteiger partial charge in [-0.05, 0) is 61.3 Å². The van der Waals surface area contributed by atoms with Crippen LogP contribution in [0.3, 0.4) is 0 Å². The lowest BCUT2D eigenvalue weighted by Gasteiger charge is -2.40. The van der Waals surface area contributed by atoms with Gasteiger partial charge in [-0.3, -0.25) is 9.59 Å². The largest absolute Gasteiger partial charge is 0.493 e. The second kappa shape index (κ2) is 13.4. The van der Waals surface area contributed by atoms with Crippen molar-refractivity contribution >= 4 is 11.8 Å². The number of rotatable bonds is 13. The number of carbonyl (C=O) groups is 2. The molecule has 0 spiro atoms. The summed E-state index contributed by atoms with van der Waals surface area (Å²) in [4.78, 5) is 31.5. The number of benzene rings is 2. The minimum absolute atomic E-state index is 0.162. The smallest absolute Gasteiger partial charge is 0.254 e. The van der Waals surface area contributed by atoms with Crippen LogP contribution in [0.2, 0.25) is 0 Å². The number of amides is 2. The fraction of sp³-hybridized carbons (Fsp3) is 0.517. The van der Waals surface area contributed by atoms with Gasteiger partial charge in [-0.15, -0.1) is 0 Å². The molecule has 3 rings (SSSR count). The third kappa shape index (κ3) is 5.99. The highest BCUT2D eigenvalue weighted by atomic mass is 16.5. The standard InChI is InChI=1S/C29H41N3O6/c1-8-13-32(14-9-2)15-12-30-28(33)26-20-17-24(37-6)25(38-7)18-21(20)29(34)31(3)27(26)19-10-11-22(35-4)23(16-19)36-5/h10-11,16-18,26-27H,8-9,12-15H2,1-7H3,(H,30,33)/t26-,27-/m0/s1. The van der Waals surface area contributed by atoms with Crippen LogP contribution in [0, 0.1) is 0 Å². The van der Waals surface area contributed by atoms with E-state index >= 15 is 0 Å². The second-order valence-corrected chi connectivity index (χ2v) is 9.38. The number of hydrogen-bond donors (Lipinski definition) is 1. The Kier molecular flexibility index (Phi) is 10.2. The molecule has 9 heteroatoms. The normalized spacial score (nSPS) is 16.7. The summed E-state index contributed by atoms with van der Waals surface area (Å²) in [6, 6.07) is 8.31. The molecule has 0 unspecified atom stereocenters. The Labute approximate surface area is 226 Å². The number of nitrogens with one attached hydrogen (secondary N) is 1. The molecular weight excluding hydrogens is 486 g/mol. The van der Waals surface area contributed by atoms with Gasteiger partial charge in [0.25, 0.3) is 5.91 Å². The molecule has 0 saturated carbocycles. The summed E-state index contributed by atoms with van der Waals surface area (Å²) >= 11 is 0. The topological polar surface area (TPSA) is 89.6 Å². The zero-order valence-corrected chi connectivity index (χ0v) is 23.6. The van der Waals surface area contributed by atoms with Crippen molar-refractivity contribution in [3.63, 3.8) is 0 Å². The van der Waals surface area contributed by atoms with Crippen LogP contribution in [0.15, 0.2) is 30.3 Å². The Morgan fingerprint density at radius 2 is 1.45 bits per heavy atom. The molecule has 1 aliphatic rings. The van der Waals surface area contributed by atoms with Gasteiger partial charge in [0.05, 0.1) is 40.4 Å². The first-order chi connectivity index (χ1) is 18.3. The van der Waals surface area contributed by atoms with E-state index in [2.05, 4.69) is 24.1 Å². The molecule has 2 amide bonds. The van der Waals surface area contributed by atoms with Crippen LogP contribution >= 0.6 is 0 Å². The van der Waals surface area contributed by atoms with Gasteiger partial charge < -0.3 is 34.1 Å². The lowest BCUT2D eigenvalue weighted by Crippen LogP contribution is -2.46. The Hall–Kier alpha value is -3.46. The highest BCUT2D eigenvalue weighted by Gasteiger charge is 2.43. The minimum Gasteiger partial charge on any atom is -0.493 e. The third-order valence-electron chi connectivity index (χ3n) is 7.01. The Balaban J connectivity index is 2.07. The maximum Gasteiger partial charge on any atom is 0.254 e. The van der Waals surface area contributed by atoms with Gasteiger partial charge in [-0.25, -0.2) is 0 Å². The van der Waals surface area contributed by atoms with Gasteiger partial charge in [0.2, 0.25) is 5.91 Å². The molecule has 1 aliphatic heterocycles. The average Bonchev–Trinajstić information content (AvgIpc) is 2.93. The van der Waals surface area contributed by atoms with Gasteiger partial charge in [0.15, 0.2) is 23.0 Å². The lowest BCUT2D eigenvalue weighted by molar-refractivity contribution is -0.124. The number of methoxy groups -OCH3 is 4. The van der Waals surface area contributed by atoms with Gasteiger partial charge in [-0.2, -0.15) is 0 Å². The number of ether oxygens (including phenoxy) is 4. The van der Waals surface area contributed by atoms with Crippen molar-refractivity contribution in [2.24, 2.45) is 0 Å². The van der Waals surface area contributed by atoms with Crippen LogP contribution < -0.4 is 24.3 Å². The maximum atomic E-state index is 13.9. The number of hydrogen-bond acceptors (Lipinski definition) is 7. The lowest BCUT2D eigenvalue weighted by atomic mass is 9.79. The monoisotopic (exact) mass is 527 g/mol. The van der Waals surface area contributed by atoms with Crippen molar-refractivity contribution in [1.29, 1.82) is 0 Å². The predicted molar refractivity (Wildman–Crippen MR) is 147 cm³/mol. The number of likely N-dealkylation sites (N-methyl/N-ethyl adjacent to an activating group) is 1. The summed E-state index contributed by atoms with van der Waals surface area (Å²) in [5.41, 5.74) is 1.78. The van der Waals surface area contributed by atoms with Gasteiger partial charge in [0.1, 0.15) is 0 Å². The summed E-state index contributed by atoms with van der Waals surface area (Å²) in [5, 5.41) is 3.15. The van der Waals surface area contributed by atoms with E-state index in [0.29, 0.717) is 40.7 Å². The molecule has 0 radical (unpaired) electrons. The van der Waals surface area contributed by atoms with Crippen molar-refractivity contribution in [1.82, 2.24) is 15.1 Å². The first-order valence-corrected chi connectivity index (χ1v) is 13.1. The molecule has 2 aromatic rings. The molecule has 0 aliphatic carbocycles. The van der Waals surface area contributed by atoms with Crippen molar-refractivity contribution in [3.05, 3.63) is 47.0 Å². The summed E-state index contributed by atoms with van der Waals surface area (Å²) in [5.74, 6) is 0.943. The summed E-state index contributed by atoms with van der Waals surface area (Å²) in [6.07, 6.45) is 2.11. The summed E-state index contributed by atoms with van der Waals surface area (Å²) < 4.78 is 21.9. The van der Waals surface area contributed by atoms with Crippen molar-refractivity contribution < 1.29 is 28.5 Å². The van der Waals surface area contributed by atoms with Crippen LogP contribution in [0.25, 0.3) is 0 Å². The molecule has 9 nitrogen and oxygen atoms in total. The molecule has 0 bridgehead atoms. The van der Waals surface area contributed by atoms with E-state index in [1.807, 2.05) is 12.1 Å². The third-order valence-corrected chi connectivity index (χ3v) is 7.01. The molecule has 1 N–H and O–H groups in total. The Morgan fingerprint density at radius 1 is 0.868 bits per heavy atom. The summed E-state index contributed by atoms with van der Waals surface area (Å²) in [7, 11) is 7.91. The van der Waals surface area contributed by atoms with E-state index in [1.54, 1.807) is 44.4 Å². The number of carbonyl (C=O) groups excluding carboxylic acids is 2. The maximum absolute atomic E-state index is 13.9. The van der Waals surface area contributed by atoms with Crippen LogP contribution in [0.1, 0.15) is 60.1 Å². The quantitative estimate of drug-likeness (QED) is 0.423. The van der Waals surface area contributed by atoms with E-state index in [1.165, 1.54) is 14.2 Å². The van der Waals surface area contributed by atoms with Crippen LogP contribution in [0.5, 0.6) is 23.0 Å². The van der Waals surface area contributed by atoms with Gasteiger partial charge >= 0.3 is 0 Å². The fourth-order valence-electron chi connectivity index (χ4n) is 5.20. The van der Waals surface area contributed by atoms with Gasteiger partial charge in [0, 0.05) is 25.7 Å². The van der Waals surface area contributed by atoms with Crippen LogP contribution in [-0.4, -0.2) is 83.3 Å². The van der Waals surface area contributed by atoms with E-state index in [9.17, 15) is 9.59 Å². The highest BCUT2D eigenvalue weighted by molar-refractivity contribution is 6.02. The van der Waals surface area contributed by atoms with E-state index < -0.39 is 12.0 Å². The Bertz CT molecular complexity index is 1120. The van der Waals surface area contributed by atoms with Crippen molar-refractivity contribution in [2.45, 2.75) is 38.6 Å². The minimum atomic E-state index is -0.684. The molecule has 0 aromatic heterocycles. The van der Waals surface area contributed by atoms with Crippen molar-refractivity contribution in [3.8, 4) is 23.0 Å². The molecule has 0 fully saturated rings. The molecule has 1 heterocycles. The van der Waals surface area contributed by atoms with E-state index in [0.717, 1.165) is 38.0 Å². The van der Waals surface area contributed by atoms with E-state index in [4.69, 9.17) is 18.9 Å². The number of fused-ring (bicyclic) bond motifs is 1. The number of nitrogens with zero attached hydrogens (tertiary/aromatic N) is 2. The molecule has 0 saturated heterocycles. The average molecular weight is 528 g/mol. The van der Waals surface area contributed by atoms with Gasteiger partial charge in [-0.1, -0.05) is 19.9 Å². The molecule has 38 heavy (non-hydrogen) atoms. The molecule has 2 aromatic carbocycles. The summed E-state index contributed by atoms with van der Waals surface area (Å²) in [6.45, 7) is 7.55. The highest BCUT2D eigenvalue weighted by Crippen LogP contribution is 2.46. The Morgan fingerprint density at radius 3 is 2.03 bits per heavy atom. The zero-order chi connectivity index (χ0) is 27.8. The predicted octanol–water partition coefficient (Wildman–Crippen LogP) is 3.87. The fourth-order valence-corrected chi connectivity index (χ4v) is 5.20. The second-order valence-electron chi connectivity index (χ2n) is 9.38. The van der Waals surface area contributed by atoms with E-state index in [-0.39, 0.29) is 11.8 Å². The zero-order valence-electron chi connectivity index (χ0n) is 23.6.